The molecule has 7 heteroatoms. The maximum absolute atomic E-state index is 12.1. The van der Waals surface area contributed by atoms with Gasteiger partial charge in [-0.05, 0) is 37.3 Å². The fraction of sp³-hybridized carbons (Fsp3) is 0.231. The van der Waals surface area contributed by atoms with E-state index in [9.17, 15) is 8.42 Å². The van der Waals surface area contributed by atoms with E-state index >= 15 is 0 Å². The molecule has 0 bridgehead atoms. The Kier molecular flexibility index (Phi) is 4.17. The van der Waals surface area contributed by atoms with E-state index in [0.29, 0.717) is 12.1 Å². The second kappa shape index (κ2) is 5.86. The monoisotopic (exact) mass is 290 g/mol. The number of benzene rings is 1. The van der Waals surface area contributed by atoms with Gasteiger partial charge in [0.2, 0.25) is 10.0 Å². The van der Waals surface area contributed by atoms with Crippen LogP contribution < -0.4 is 4.72 Å². The van der Waals surface area contributed by atoms with E-state index in [1.807, 2.05) is 6.07 Å². The van der Waals surface area contributed by atoms with Gasteiger partial charge in [0, 0.05) is 18.4 Å². The molecule has 1 aromatic carbocycles. The van der Waals surface area contributed by atoms with Crippen LogP contribution in [0.5, 0.6) is 0 Å². The van der Waals surface area contributed by atoms with E-state index in [1.165, 1.54) is 24.3 Å². The van der Waals surface area contributed by atoms with Gasteiger partial charge in [-0.15, -0.1) is 0 Å². The van der Waals surface area contributed by atoms with Gasteiger partial charge in [0.1, 0.15) is 0 Å². The predicted molar refractivity (Wildman–Crippen MR) is 73.2 cm³/mol. The fourth-order valence-electron chi connectivity index (χ4n) is 1.77. The van der Waals surface area contributed by atoms with Crippen LogP contribution in [-0.2, 0) is 16.6 Å². The van der Waals surface area contributed by atoms with Crippen molar-refractivity contribution in [1.29, 1.82) is 5.26 Å². The summed E-state index contributed by atoms with van der Waals surface area (Å²) in [7, 11) is -3.59. The van der Waals surface area contributed by atoms with Crippen molar-refractivity contribution in [3.8, 4) is 6.07 Å². The van der Waals surface area contributed by atoms with E-state index in [-0.39, 0.29) is 10.9 Å². The number of aromatic nitrogens is 2. The molecule has 0 spiro atoms. The molecule has 20 heavy (non-hydrogen) atoms. The first kappa shape index (κ1) is 14.2. The van der Waals surface area contributed by atoms with Gasteiger partial charge in [-0.3, -0.25) is 4.68 Å². The van der Waals surface area contributed by atoms with Crippen LogP contribution in [0, 0.1) is 11.3 Å². The second-order valence-corrected chi connectivity index (χ2v) is 6.10. The van der Waals surface area contributed by atoms with E-state index in [2.05, 4.69) is 9.82 Å². The zero-order chi connectivity index (χ0) is 14.6. The summed E-state index contributed by atoms with van der Waals surface area (Å²) in [6, 6.07) is 9.23. The molecule has 6 nitrogen and oxygen atoms in total. The summed E-state index contributed by atoms with van der Waals surface area (Å²) in [6.07, 6.45) is 3.41. The van der Waals surface area contributed by atoms with Crippen molar-refractivity contribution in [2.45, 2.75) is 24.4 Å². The lowest BCUT2D eigenvalue weighted by Crippen LogP contribution is -2.35. The Balaban J connectivity index is 2.08. The number of rotatable bonds is 5. The summed E-state index contributed by atoms with van der Waals surface area (Å²) < 4.78 is 28.5. The third-order valence-corrected chi connectivity index (χ3v) is 4.28. The molecule has 1 aromatic heterocycles. The lowest BCUT2D eigenvalue weighted by atomic mass is 10.2. The Morgan fingerprint density at radius 3 is 2.65 bits per heavy atom. The smallest absolute Gasteiger partial charge is 0.240 e. The number of hydrogen-bond donors (Lipinski definition) is 1. The van der Waals surface area contributed by atoms with Crippen LogP contribution in [0.1, 0.15) is 12.5 Å². The Hall–Kier alpha value is -2.17. The van der Waals surface area contributed by atoms with Crippen molar-refractivity contribution in [3.63, 3.8) is 0 Å². The molecule has 0 aliphatic rings. The van der Waals surface area contributed by atoms with Crippen molar-refractivity contribution >= 4 is 10.0 Å². The number of hydrogen-bond acceptors (Lipinski definition) is 4. The molecule has 1 heterocycles. The molecule has 0 aliphatic carbocycles. The molecular weight excluding hydrogens is 276 g/mol. The molecule has 0 aliphatic heterocycles. The Morgan fingerprint density at radius 2 is 2.10 bits per heavy atom. The summed E-state index contributed by atoms with van der Waals surface area (Å²) in [5.41, 5.74) is 0.425. The SMILES string of the molecule is CC(Cn1cccn1)NS(=O)(=O)c1ccc(C#N)cc1. The highest BCUT2D eigenvalue weighted by atomic mass is 32.2. The second-order valence-electron chi connectivity index (χ2n) is 4.39. The van der Waals surface area contributed by atoms with Gasteiger partial charge < -0.3 is 0 Å². The molecular formula is C13H14N4O2S. The van der Waals surface area contributed by atoms with Crippen LogP contribution in [0.3, 0.4) is 0 Å². The average Bonchev–Trinajstić information content (AvgIpc) is 2.91. The molecule has 2 aromatic rings. The lowest BCUT2D eigenvalue weighted by Gasteiger charge is -2.14. The normalized spacial score (nSPS) is 12.8. The van der Waals surface area contributed by atoms with Crippen molar-refractivity contribution in [3.05, 3.63) is 48.3 Å². The quantitative estimate of drug-likeness (QED) is 0.894. The summed E-state index contributed by atoms with van der Waals surface area (Å²) in [5, 5.41) is 12.7. The van der Waals surface area contributed by atoms with Gasteiger partial charge in [-0.2, -0.15) is 10.4 Å². The van der Waals surface area contributed by atoms with Crippen LogP contribution in [0.4, 0.5) is 0 Å². The average molecular weight is 290 g/mol. The highest BCUT2D eigenvalue weighted by Gasteiger charge is 2.17. The predicted octanol–water partition coefficient (Wildman–Crippen LogP) is 1.12. The van der Waals surface area contributed by atoms with Crippen LogP contribution in [0.2, 0.25) is 0 Å². The lowest BCUT2D eigenvalue weighted by molar-refractivity contribution is 0.494. The van der Waals surface area contributed by atoms with Gasteiger partial charge in [-0.25, -0.2) is 13.1 Å². The molecule has 0 radical (unpaired) electrons. The van der Waals surface area contributed by atoms with Gasteiger partial charge in [0.15, 0.2) is 0 Å². The number of sulfonamides is 1. The van der Waals surface area contributed by atoms with Crippen molar-refractivity contribution in [2.75, 3.05) is 0 Å². The third kappa shape index (κ3) is 3.44. The van der Waals surface area contributed by atoms with Gasteiger partial charge in [0.25, 0.3) is 0 Å². The highest BCUT2D eigenvalue weighted by Crippen LogP contribution is 2.10. The van der Waals surface area contributed by atoms with Crippen LogP contribution in [-0.4, -0.2) is 24.2 Å². The van der Waals surface area contributed by atoms with Crippen LogP contribution >= 0.6 is 0 Å². The number of nitriles is 1. The summed E-state index contributed by atoms with van der Waals surface area (Å²) in [5.74, 6) is 0. The maximum Gasteiger partial charge on any atom is 0.240 e. The fourth-order valence-corrected chi connectivity index (χ4v) is 3.00. The highest BCUT2D eigenvalue weighted by molar-refractivity contribution is 7.89. The minimum atomic E-state index is -3.59. The molecule has 1 unspecified atom stereocenters. The topological polar surface area (TPSA) is 87.8 Å². The molecule has 104 valence electrons. The Morgan fingerprint density at radius 1 is 1.40 bits per heavy atom. The molecule has 0 amide bonds. The van der Waals surface area contributed by atoms with Gasteiger partial charge in [0.05, 0.1) is 23.1 Å². The summed E-state index contributed by atoms with van der Waals surface area (Å²) in [6.45, 7) is 2.21. The number of nitrogens with one attached hydrogen (secondary N) is 1. The minimum absolute atomic E-state index is 0.142. The third-order valence-electron chi connectivity index (χ3n) is 2.67. The zero-order valence-corrected chi connectivity index (χ0v) is 11.7. The minimum Gasteiger partial charge on any atom is -0.271 e. The van der Waals surface area contributed by atoms with Crippen molar-refractivity contribution < 1.29 is 8.42 Å². The Labute approximate surface area is 117 Å². The van der Waals surface area contributed by atoms with Gasteiger partial charge in [-0.1, -0.05) is 0 Å². The van der Waals surface area contributed by atoms with Gasteiger partial charge >= 0.3 is 0 Å². The van der Waals surface area contributed by atoms with Crippen LogP contribution in [0.25, 0.3) is 0 Å². The first-order valence-corrected chi connectivity index (χ1v) is 7.49. The first-order chi connectivity index (χ1) is 9.51. The van der Waals surface area contributed by atoms with E-state index in [1.54, 1.807) is 30.1 Å². The maximum atomic E-state index is 12.1. The molecule has 0 fully saturated rings. The summed E-state index contributed by atoms with van der Waals surface area (Å²) >= 11 is 0. The molecule has 1 atom stereocenters. The van der Waals surface area contributed by atoms with Crippen LogP contribution in [0.15, 0.2) is 47.6 Å². The van der Waals surface area contributed by atoms with E-state index in [4.69, 9.17) is 5.26 Å². The molecule has 0 saturated heterocycles. The van der Waals surface area contributed by atoms with E-state index < -0.39 is 10.0 Å². The Bertz CT molecular complexity index is 700. The number of nitrogens with zero attached hydrogens (tertiary/aromatic N) is 3. The molecule has 1 N–H and O–H groups in total. The largest absolute Gasteiger partial charge is 0.271 e. The van der Waals surface area contributed by atoms with Crippen molar-refractivity contribution in [1.82, 2.24) is 14.5 Å². The molecule has 2 rings (SSSR count). The standard InChI is InChI=1S/C13H14N4O2S/c1-11(10-17-8-2-7-15-17)16-20(18,19)13-5-3-12(9-14)4-6-13/h2-8,11,16H,10H2,1H3. The van der Waals surface area contributed by atoms with Crippen molar-refractivity contribution in [2.24, 2.45) is 0 Å². The zero-order valence-electron chi connectivity index (χ0n) is 10.9. The summed E-state index contributed by atoms with van der Waals surface area (Å²) in [4.78, 5) is 0.142. The first-order valence-electron chi connectivity index (χ1n) is 6.01. The van der Waals surface area contributed by atoms with E-state index in [0.717, 1.165) is 0 Å². The molecule has 0 saturated carbocycles.